The number of halogens is 3. The molecule has 10 heteroatoms. The fourth-order valence-electron chi connectivity index (χ4n) is 3.21. The molecule has 0 aliphatic rings. The van der Waals surface area contributed by atoms with Gasteiger partial charge in [-0.2, -0.15) is 0 Å². The van der Waals surface area contributed by atoms with Crippen molar-refractivity contribution in [1.82, 2.24) is 9.88 Å². The fourth-order valence-corrected chi connectivity index (χ4v) is 4.41. The first kappa shape index (κ1) is 24.7. The van der Waals surface area contributed by atoms with Gasteiger partial charge in [0.2, 0.25) is 0 Å². The lowest BCUT2D eigenvalue weighted by atomic mass is 10.1. The Morgan fingerprint density at radius 3 is 2.33 bits per heavy atom. The second-order valence-corrected chi connectivity index (χ2v) is 10.1. The standard InChI is InChI=1S/C23H27F3N4O2S/c1-16-14-22(30(4)13-12-29(2)3)27-21-11-6-17(15-20(16)21)28-33(5,31)19-9-7-18(8-10-19)32-23(24,25)26/h6-11,14-15H,5,12-13H2,1-4H3,(H,28,31). The van der Waals surface area contributed by atoms with Gasteiger partial charge in [-0.15, -0.1) is 13.2 Å². The van der Waals surface area contributed by atoms with Crippen LogP contribution in [0, 0.1) is 6.92 Å². The summed E-state index contributed by atoms with van der Waals surface area (Å²) in [5, 5.41) is 0.897. The molecular weight excluding hydrogens is 453 g/mol. The van der Waals surface area contributed by atoms with Gasteiger partial charge in [-0.1, -0.05) is 0 Å². The molecule has 178 valence electrons. The van der Waals surface area contributed by atoms with E-state index in [1.807, 2.05) is 46.3 Å². The highest BCUT2D eigenvalue weighted by Gasteiger charge is 2.31. The van der Waals surface area contributed by atoms with Gasteiger partial charge >= 0.3 is 6.36 Å². The van der Waals surface area contributed by atoms with Crippen molar-refractivity contribution in [2.45, 2.75) is 18.2 Å². The Morgan fingerprint density at radius 1 is 1.06 bits per heavy atom. The number of rotatable bonds is 8. The predicted octanol–water partition coefficient (Wildman–Crippen LogP) is 4.54. The molecule has 0 amide bonds. The SMILES string of the molecule is C=S(=O)(Nc1ccc2nc(N(C)CCN(C)C)cc(C)c2c1)c1ccc(OC(F)(F)F)cc1. The third-order valence-electron chi connectivity index (χ3n) is 5.00. The van der Waals surface area contributed by atoms with Gasteiger partial charge in [0.25, 0.3) is 0 Å². The first-order valence-electron chi connectivity index (χ1n) is 10.1. The first-order chi connectivity index (χ1) is 15.3. The van der Waals surface area contributed by atoms with Crippen molar-refractivity contribution in [2.75, 3.05) is 43.9 Å². The minimum Gasteiger partial charge on any atom is -0.406 e. The van der Waals surface area contributed by atoms with E-state index < -0.39 is 16.1 Å². The van der Waals surface area contributed by atoms with Crippen LogP contribution < -0.4 is 14.4 Å². The molecule has 3 aromatic rings. The number of likely N-dealkylation sites (N-methyl/N-ethyl adjacent to an activating group) is 2. The third kappa shape index (κ3) is 6.52. The van der Waals surface area contributed by atoms with Crippen LogP contribution in [0.5, 0.6) is 5.75 Å². The zero-order valence-electron chi connectivity index (χ0n) is 18.9. The highest BCUT2D eigenvalue weighted by Crippen LogP contribution is 2.28. The van der Waals surface area contributed by atoms with Crippen LogP contribution in [0.4, 0.5) is 24.7 Å². The van der Waals surface area contributed by atoms with Crippen LogP contribution in [-0.4, -0.2) is 60.6 Å². The smallest absolute Gasteiger partial charge is 0.406 e. The summed E-state index contributed by atoms with van der Waals surface area (Å²) < 4.78 is 56.9. The summed E-state index contributed by atoms with van der Waals surface area (Å²) in [5.41, 5.74) is 2.38. The van der Waals surface area contributed by atoms with Crippen LogP contribution in [0.1, 0.15) is 5.56 Å². The number of nitrogens with zero attached hydrogens (tertiary/aromatic N) is 3. The van der Waals surface area contributed by atoms with Crippen LogP contribution in [0.2, 0.25) is 0 Å². The largest absolute Gasteiger partial charge is 0.573 e. The van der Waals surface area contributed by atoms with E-state index in [0.717, 1.165) is 47.5 Å². The van der Waals surface area contributed by atoms with E-state index in [1.165, 1.54) is 12.1 Å². The molecule has 0 spiro atoms. The molecule has 0 aliphatic carbocycles. The molecule has 2 aromatic carbocycles. The Morgan fingerprint density at radius 2 is 1.73 bits per heavy atom. The molecule has 0 fully saturated rings. The molecule has 6 nitrogen and oxygen atoms in total. The number of hydrogen-bond donors (Lipinski definition) is 1. The maximum absolute atomic E-state index is 13.1. The maximum atomic E-state index is 13.1. The van der Waals surface area contributed by atoms with Gasteiger partial charge in [-0.05, 0) is 81.0 Å². The Balaban J connectivity index is 1.81. The Bertz CT molecular complexity index is 1230. The van der Waals surface area contributed by atoms with E-state index in [9.17, 15) is 17.4 Å². The van der Waals surface area contributed by atoms with Gasteiger partial charge in [0.05, 0.1) is 15.2 Å². The zero-order valence-corrected chi connectivity index (χ0v) is 19.8. The highest BCUT2D eigenvalue weighted by molar-refractivity contribution is 8.01. The predicted molar refractivity (Wildman–Crippen MR) is 129 cm³/mol. The van der Waals surface area contributed by atoms with Gasteiger partial charge in [-0.3, -0.25) is 0 Å². The van der Waals surface area contributed by atoms with E-state index in [-0.39, 0.29) is 10.6 Å². The molecule has 1 atom stereocenters. The molecule has 33 heavy (non-hydrogen) atoms. The second-order valence-electron chi connectivity index (χ2n) is 8.05. The van der Waals surface area contributed by atoms with E-state index in [4.69, 9.17) is 4.98 Å². The van der Waals surface area contributed by atoms with Crippen molar-refractivity contribution >= 4 is 38.0 Å². The van der Waals surface area contributed by atoms with E-state index >= 15 is 0 Å². The van der Waals surface area contributed by atoms with Crippen molar-refractivity contribution < 1.29 is 22.1 Å². The molecule has 0 bridgehead atoms. The molecule has 0 radical (unpaired) electrons. The van der Waals surface area contributed by atoms with Crippen LogP contribution in [0.25, 0.3) is 10.9 Å². The topological polar surface area (TPSA) is 57.7 Å². The molecular formula is C23H27F3N4O2S. The normalized spacial score (nSPS) is 13.7. The van der Waals surface area contributed by atoms with Crippen molar-refractivity contribution in [3.8, 4) is 5.75 Å². The quantitative estimate of drug-likeness (QED) is 0.480. The number of benzene rings is 2. The number of aromatic nitrogens is 1. The van der Waals surface area contributed by atoms with Crippen molar-refractivity contribution in [3.63, 3.8) is 0 Å². The Hall–Kier alpha value is -2.98. The Labute approximate surface area is 192 Å². The summed E-state index contributed by atoms with van der Waals surface area (Å²) in [5.74, 6) is 4.22. The van der Waals surface area contributed by atoms with E-state index in [1.54, 1.807) is 6.07 Å². The first-order valence-corrected chi connectivity index (χ1v) is 11.8. The number of aryl methyl sites for hydroxylation is 1. The molecule has 0 aliphatic heterocycles. The van der Waals surface area contributed by atoms with Crippen LogP contribution in [0.15, 0.2) is 53.4 Å². The maximum Gasteiger partial charge on any atom is 0.573 e. The van der Waals surface area contributed by atoms with Crippen LogP contribution in [-0.2, 0) is 9.71 Å². The van der Waals surface area contributed by atoms with Crippen molar-refractivity contribution in [2.24, 2.45) is 0 Å². The van der Waals surface area contributed by atoms with E-state index in [2.05, 4.69) is 25.1 Å². The second kappa shape index (κ2) is 9.48. The van der Waals surface area contributed by atoms with Gasteiger partial charge in [0.1, 0.15) is 11.6 Å². The highest BCUT2D eigenvalue weighted by atomic mass is 32.2. The zero-order chi connectivity index (χ0) is 24.4. The molecule has 1 N–H and O–H groups in total. The number of hydrogen-bond acceptors (Lipinski definition) is 5. The number of alkyl halides is 3. The number of pyridine rings is 1. The average molecular weight is 481 g/mol. The summed E-state index contributed by atoms with van der Waals surface area (Å²) in [6.45, 7) is 3.72. The summed E-state index contributed by atoms with van der Waals surface area (Å²) in [4.78, 5) is 9.19. The minimum absolute atomic E-state index is 0.254. The lowest BCUT2D eigenvalue weighted by Gasteiger charge is -2.22. The summed E-state index contributed by atoms with van der Waals surface area (Å²) in [6.07, 6.45) is -4.79. The summed E-state index contributed by atoms with van der Waals surface area (Å²) in [7, 11) is 3.02. The van der Waals surface area contributed by atoms with Gasteiger partial charge in [-0.25, -0.2) is 9.19 Å². The summed E-state index contributed by atoms with van der Waals surface area (Å²) in [6, 6.07) is 12.3. The Kier molecular flexibility index (Phi) is 7.08. The lowest BCUT2D eigenvalue weighted by Crippen LogP contribution is -2.29. The molecule has 1 unspecified atom stereocenters. The van der Waals surface area contributed by atoms with Gasteiger partial charge < -0.3 is 19.3 Å². The van der Waals surface area contributed by atoms with Crippen LogP contribution >= 0.6 is 0 Å². The third-order valence-corrected chi connectivity index (χ3v) is 6.60. The fraction of sp³-hybridized carbons (Fsp3) is 0.304. The van der Waals surface area contributed by atoms with Gasteiger partial charge in [0.15, 0.2) is 0 Å². The molecule has 0 saturated carbocycles. The molecule has 0 saturated heterocycles. The van der Waals surface area contributed by atoms with Crippen molar-refractivity contribution in [1.29, 1.82) is 0 Å². The van der Waals surface area contributed by atoms with E-state index in [0.29, 0.717) is 5.69 Å². The van der Waals surface area contributed by atoms with Crippen molar-refractivity contribution in [3.05, 3.63) is 54.1 Å². The number of fused-ring (bicyclic) bond motifs is 1. The number of nitrogens with one attached hydrogen (secondary N) is 1. The molecule has 1 aromatic heterocycles. The molecule has 1 heterocycles. The van der Waals surface area contributed by atoms with Gasteiger partial charge in [0, 0.05) is 36.1 Å². The molecule has 3 rings (SSSR count). The summed E-state index contributed by atoms with van der Waals surface area (Å²) >= 11 is 0. The average Bonchev–Trinajstić information content (AvgIpc) is 2.71. The number of ether oxygens (including phenoxy) is 1. The number of anilines is 2. The lowest BCUT2D eigenvalue weighted by molar-refractivity contribution is -0.274. The minimum atomic E-state index is -4.79. The monoisotopic (exact) mass is 480 g/mol. The van der Waals surface area contributed by atoms with Crippen LogP contribution in [0.3, 0.4) is 0 Å².